The zero-order valence-electron chi connectivity index (χ0n) is 9.44. The molecule has 2 bridgehead atoms. The van der Waals surface area contributed by atoms with Crippen LogP contribution in [-0.2, 0) is 0 Å². The van der Waals surface area contributed by atoms with Gasteiger partial charge in [-0.25, -0.2) is 0 Å². The number of fused-ring (bicyclic) bond motifs is 2. The van der Waals surface area contributed by atoms with Gasteiger partial charge in [-0.1, -0.05) is 12.2 Å². The Kier molecular flexibility index (Phi) is 2.57. The van der Waals surface area contributed by atoms with E-state index in [1.165, 1.54) is 44.9 Å². The Labute approximate surface area is 92.5 Å². The van der Waals surface area contributed by atoms with E-state index in [-0.39, 0.29) is 0 Å². The average molecular weight is 206 g/mol. The number of nitrogens with two attached hydrogens (primary N) is 1. The number of piperidine rings is 1. The maximum atomic E-state index is 6.10. The molecular formula is C13H22N2. The second-order valence-corrected chi connectivity index (χ2v) is 5.49. The Balaban J connectivity index is 1.76. The summed E-state index contributed by atoms with van der Waals surface area (Å²) >= 11 is 0. The highest BCUT2D eigenvalue weighted by Gasteiger charge is 2.42. The Bertz CT molecular complexity index is 247. The van der Waals surface area contributed by atoms with Gasteiger partial charge in [0.1, 0.15) is 0 Å². The highest BCUT2D eigenvalue weighted by Crippen LogP contribution is 2.38. The Morgan fingerprint density at radius 1 is 1.07 bits per heavy atom. The van der Waals surface area contributed by atoms with E-state index in [9.17, 15) is 0 Å². The van der Waals surface area contributed by atoms with Crippen molar-refractivity contribution in [2.75, 3.05) is 0 Å². The van der Waals surface area contributed by atoms with Crippen molar-refractivity contribution >= 4 is 0 Å². The van der Waals surface area contributed by atoms with Gasteiger partial charge in [0.05, 0.1) is 0 Å². The molecule has 0 saturated carbocycles. The molecule has 15 heavy (non-hydrogen) atoms. The van der Waals surface area contributed by atoms with Gasteiger partial charge < -0.3 is 5.73 Å². The molecule has 0 amide bonds. The maximum Gasteiger partial charge on any atom is 0.0284 e. The molecule has 2 N–H and O–H groups in total. The van der Waals surface area contributed by atoms with Gasteiger partial charge in [0.15, 0.2) is 0 Å². The summed E-state index contributed by atoms with van der Waals surface area (Å²) in [5.41, 5.74) is 6.10. The van der Waals surface area contributed by atoms with E-state index in [1.54, 1.807) is 0 Å². The van der Waals surface area contributed by atoms with Crippen LogP contribution in [0.3, 0.4) is 0 Å². The van der Waals surface area contributed by atoms with Crippen LogP contribution in [0.4, 0.5) is 0 Å². The molecule has 2 aliphatic heterocycles. The first-order valence-electron chi connectivity index (χ1n) is 6.54. The molecule has 3 aliphatic rings. The smallest absolute Gasteiger partial charge is 0.0284 e. The van der Waals surface area contributed by atoms with Gasteiger partial charge in [0, 0.05) is 24.2 Å². The third kappa shape index (κ3) is 1.74. The zero-order valence-corrected chi connectivity index (χ0v) is 9.44. The molecule has 0 aromatic carbocycles. The van der Waals surface area contributed by atoms with Crippen molar-refractivity contribution in [3.63, 3.8) is 0 Å². The first-order chi connectivity index (χ1) is 7.34. The van der Waals surface area contributed by atoms with Crippen molar-refractivity contribution in [3.8, 4) is 0 Å². The van der Waals surface area contributed by atoms with Crippen LogP contribution in [0, 0.1) is 0 Å². The molecule has 0 aromatic rings. The van der Waals surface area contributed by atoms with Crippen molar-refractivity contribution < 1.29 is 0 Å². The summed E-state index contributed by atoms with van der Waals surface area (Å²) in [4.78, 5) is 2.79. The summed E-state index contributed by atoms with van der Waals surface area (Å²) in [7, 11) is 0. The Morgan fingerprint density at radius 2 is 1.80 bits per heavy atom. The third-order valence-corrected chi connectivity index (χ3v) is 4.44. The first-order valence-corrected chi connectivity index (χ1v) is 6.54. The van der Waals surface area contributed by atoms with Crippen LogP contribution in [-0.4, -0.2) is 29.1 Å². The molecule has 84 valence electrons. The normalized spacial score (nSPS) is 45.9. The fraction of sp³-hybridized carbons (Fsp3) is 0.846. The first kappa shape index (κ1) is 9.86. The van der Waals surface area contributed by atoms with E-state index in [2.05, 4.69) is 17.1 Å². The third-order valence-electron chi connectivity index (χ3n) is 4.44. The maximum absolute atomic E-state index is 6.10. The van der Waals surface area contributed by atoms with E-state index >= 15 is 0 Å². The topological polar surface area (TPSA) is 29.3 Å². The molecule has 0 aromatic heterocycles. The molecular weight excluding hydrogens is 184 g/mol. The van der Waals surface area contributed by atoms with Gasteiger partial charge >= 0.3 is 0 Å². The fourth-order valence-electron chi connectivity index (χ4n) is 3.84. The average Bonchev–Trinajstić information content (AvgIpc) is 2.53. The lowest BCUT2D eigenvalue weighted by atomic mass is 9.92. The SMILES string of the molecule is NC1CC2CCC(C1)N2C1C=CCCC1. The van der Waals surface area contributed by atoms with Crippen LogP contribution in [0.2, 0.25) is 0 Å². The summed E-state index contributed by atoms with van der Waals surface area (Å²) in [5.74, 6) is 0. The van der Waals surface area contributed by atoms with Gasteiger partial charge in [0.2, 0.25) is 0 Å². The Hall–Kier alpha value is -0.340. The number of rotatable bonds is 1. The number of hydrogen-bond acceptors (Lipinski definition) is 2. The largest absolute Gasteiger partial charge is 0.328 e. The molecule has 3 atom stereocenters. The van der Waals surface area contributed by atoms with Gasteiger partial charge in [-0.2, -0.15) is 0 Å². The molecule has 2 nitrogen and oxygen atoms in total. The quantitative estimate of drug-likeness (QED) is 0.665. The highest BCUT2D eigenvalue weighted by molar-refractivity contribution is 5.06. The number of nitrogens with zero attached hydrogens (tertiary/aromatic N) is 1. The van der Waals surface area contributed by atoms with Gasteiger partial charge in [-0.3, -0.25) is 4.90 Å². The predicted molar refractivity (Wildman–Crippen MR) is 62.6 cm³/mol. The van der Waals surface area contributed by atoms with Crippen LogP contribution in [0.5, 0.6) is 0 Å². The lowest BCUT2D eigenvalue weighted by Gasteiger charge is -2.42. The predicted octanol–water partition coefficient (Wildman–Crippen LogP) is 2.05. The Morgan fingerprint density at radius 3 is 2.40 bits per heavy atom. The van der Waals surface area contributed by atoms with E-state index in [4.69, 9.17) is 5.73 Å². The summed E-state index contributed by atoms with van der Waals surface area (Å²) < 4.78 is 0. The molecule has 2 saturated heterocycles. The van der Waals surface area contributed by atoms with Crippen molar-refractivity contribution in [1.82, 2.24) is 4.90 Å². The second kappa shape index (κ2) is 3.91. The van der Waals surface area contributed by atoms with Gasteiger partial charge in [-0.15, -0.1) is 0 Å². The minimum atomic E-state index is 0.478. The summed E-state index contributed by atoms with van der Waals surface area (Å²) in [6.07, 6.45) is 14.1. The highest BCUT2D eigenvalue weighted by atomic mass is 15.2. The lowest BCUT2D eigenvalue weighted by Crippen LogP contribution is -2.51. The standard InChI is InChI=1S/C13H22N2/c14-10-8-12-6-7-13(9-10)15(12)11-4-2-1-3-5-11/h2,4,10-13H,1,3,5-9,14H2. The van der Waals surface area contributed by atoms with Crippen molar-refractivity contribution in [3.05, 3.63) is 12.2 Å². The number of hydrogen-bond donors (Lipinski definition) is 1. The fourth-order valence-corrected chi connectivity index (χ4v) is 3.84. The lowest BCUT2D eigenvalue weighted by molar-refractivity contribution is 0.0912. The van der Waals surface area contributed by atoms with Crippen LogP contribution < -0.4 is 5.73 Å². The molecule has 0 radical (unpaired) electrons. The molecule has 0 spiro atoms. The van der Waals surface area contributed by atoms with E-state index in [0.29, 0.717) is 6.04 Å². The van der Waals surface area contributed by atoms with E-state index in [1.807, 2.05) is 0 Å². The van der Waals surface area contributed by atoms with Crippen LogP contribution >= 0.6 is 0 Å². The van der Waals surface area contributed by atoms with Gasteiger partial charge in [-0.05, 0) is 44.9 Å². The molecule has 2 fully saturated rings. The summed E-state index contributed by atoms with van der Waals surface area (Å²) in [6.45, 7) is 0. The minimum absolute atomic E-state index is 0.478. The van der Waals surface area contributed by atoms with Gasteiger partial charge in [0.25, 0.3) is 0 Å². The van der Waals surface area contributed by atoms with Crippen molar-refractivity contribution in [2.24, 2.45) is 5.73 Å². The molecule has 3 rings (SSSR count). The molecule has 1 aliphatic carbocycles. The monoisotopic (exact) mass is 206 g/mol. The molecule has 2 heterocycles. The summed E-state index contributed by atoms with van der Waals surface area (Å²) in [6, 6.07) is 2.81. The second-order valence-electron chi connectivity index (χ2n) is 5.49. The minimum Gasteiger partial charge on any atom is -0.328 e. The van der Waals surface area contributed by atoms with Crippen molar-refractivity contribution in [1.29, 1.82) is 0 Å². The number of allylic oxidation sites excluding steroid dienone is 1. The van der Waals surface area contributed by atoms with Crippen molar-refractivity contribution in [2.45, 2.75) is 69.1 Å². The molecule has 2 heteroatoms. The van der Waals surface area contributed by atoms with Crippen LogP contribution in [0.25, 0.3) is 0 Å². The molecule has 3 unspecified atom stereocenters. The zero-order chi connectivity index (χ0) is 10.3. The summed E-state index contributed by atoms with van der Waals surface area (Å²) in [5, 5.41) is 0. The van der Waals surface area contributed by atoms with Crippen LogP contribution in [0.1, 0.15) is 44.9 Å². The van der Waals surface area contributed by atoms with Crippen LogP contribution in [0.15, 0.2) is 12.2 Å². The van der Waals surface area contributed by atoms with E-state index < -0.39 is 0 Å². The van der Waals surface area contributed by atoms with E-state index in [0.717, 1.165) is 18.1 Å².